The Bertz CT molecular complexity index is 666. The lowest BCUT2D eigenvalue weighted by Gasteiger charge is -2.11. The number of hydrogen-bond donors (Lipinski definition) is 3. The lowest BCUT2D eigenvalue weighted by molar-refractivity contribution is 0.0951. The molecule has 1 aliphatic rings. The Labute approximate surface area is 122 Å². The number of nitrogen functional groups attached to an aromatic ring is 1. The van der Waals surface area contributed by atoms with E-state index in [-0.39, 0.29) is 11.7 Å². The van der Waals surface area contributed by atoms with Gasteiger partial charge in [-0.1, -0.05) is 0 Å². The SMILES string of the molecule is Nc1cc(C(=O)NC2CC2)ccc1Nc1ccc(F)cc1. The number of rotatable bonds is 4. The second kappa shape index (κ2) is 5.44. The van der Waals surface area contributed by atoms with Gasteiger partial charge in [-0.2, -0.15) is 0 Å². The summed E-state index contributed by atoms with van der Waals surface area (Å²) in [5, 5.41) is 6.01. The van der Waals surface area contributed by atoms with Gasteiger partial charge >= 0.3 is 0 Å². The van der Waals surface area contributed by atoms with Crippen LogP contribution in [0.1, 0.15) is 23.2 Å². The van der Waals surface area contributed by atoms with E-state index in [0.29, 0.717) is 23.0 Å². The Morgan fingerprint density at radius 2 is 1.86 bits per heavy atom. The van der Waals surface area contributed by atoms with Crippen molar-refractivity contribution in [2.45, 2.75) is 18.9 Å². The van der Waals surface area contributed by atoms with E-state index in [0.717, 1.165) is 18.5 Å². The molecule has 108 valence electrons. The molecule has 4 nitrogen and oxygen atoms in total. The minimum atomic E-state index is -0.291. The van der Waals surface area contributed by atoms with Crippen LogP contribution in [0.3, 0.4) is 0 Å². The minimum Gasteiger partial charge on any atom is -0.397 e. The van der Waals surface area contributed by atoms with Crippen molar-refractivity contribution < 1.29 is 9.18 Å². The molecule has 0 radical (unpaired) electrons. The van der Waals surface area contributed by atoms with Gasteiger partial charge in [0.05, 0.1) is 11.4 Å². The van der Waals surface area contributed by atoms with E-state index in [1.165, 1.54) is 12.1 Å². The molecule has 2 aromatic carbocycles. The van der Waals surface area contributed by atoms with Crippen molar-refractivity contribution in [1.82, 2.24) is 5.32 Å². The van der Waals surface area contributed by atoms with Crippen LogP contribution in [-0.2, 0) is 0 Å². The zero-order valence-corrected chi connectivity index (χ0v) is 11.4. The third kappa shape index (κ3) is 3.31. The standard InChI is InChI=1S/C16H16FN3O/c17-11-2-4-12(5-3-11)19-15-8-1-10(9-14(15)18)16(21)20-13-6-7-13/h1-5,8-9,13,19H,6-7,18H2,(H,20,21). The van der Waals surface area contributed by atoms with Crippen molar-refractivity contribution in [3.8, 4) is 0 Å². The van der Waals surface area contributed by atoms with Gasteiger partial charge in [0.1, 0.15) is 5.82 Å². The quantitative estimate of drug-likeness (QED) is 0.756. The fraction of sp³-hybridized carbons (Fsp3) is 0.188. The third-order valence-electron chi connectivity index (χ3n) is 3.35. The molecule has 1 fully saturated rings. The molecule has 1 aliphatic carbocycles. The topological polar surface area (TPSA) is 67.2 Å². The maximum Gasteiger partial charge on any atom is 0.251 e. The average Bonchev–Trinajstić information content (AvgIpc) is 3.27. The van der Waals surface area contributed by atoms with Crippen molar-refractivity contribution in [3.63, 3.8) is 0 Å². The van der Waals surface area contributed by atoms with E-state index in [1.807, 2.05) is 0 Å². The Balaban J connectivity index is 1.74. The smallest absolute Gasteiger partial charge is 0.251 e. The molecular formula is C16H16FN3O. The fourth-order valence-electron chi connectivity index (χ4n) is 2.00. The Morgan fingerprint density at radius 1 is 1.14 bits per heavy atom. The van der Waals surface area contributed by atoms with Crippen LogP contribution in [0.4, 0.5) is 21.5 Å². The lowest BCUT2D eigenvalue weighted by atomic mass is 10.1. The maximum absolute atomic E-state index is 12.9. The average molecular weight is 285 g/mol. The number of halogens is 1. The fourth-order valence-corrected chi connectivity index (χ4v) is 2.00. The van der Waals surface area contributed by atoms with Gasteiger partial charge in [0.15, 0.2) is 0 Å². The van der Waals surface area contributed by atoms with Crippen LogP contribution in [0.25, 0.3) is 0 Å². The van der Waals surface area contributed by atoms with E-state index in [4.69, 9.17) is 5.73 Å². The first-order valence-corrected chi connectivity index (χ1v) is 6.85. The second-order valence-corrected chi connectivity index (χ2v) is 5.18. The van der Waals surface area contributed by atoms with Gasteiger partial charge in [-0.25, -0.2) is 4.39 Å². The number of amides is 1. The maximum atomic E-state index is 12.9. The van der Waals surface area contributed by atoms with Gasteiger partial charge in [-0.05, 0) is 55.3 Å². The number of nitrogens with two attached hydrogens (primary N) is 1. The zero-order chi connectivity index (χ0) is 14.8. The predicted octanol–water partition coefficient (Wildman–Crippen LogP) is 3.04. The van der Waals surface area contributed by atoms with Crippen molar-refractivity contribution in [2.24, 2.45) is 0 Å². The van der Waals surface area contributed by atoms with Crippen LogP contribution >= 0.6 is 0 Å². The molecule has 2 aromatic rings. The van der Waals surface area contributed by atoms with Gasteiger partial charge in [0.25, 0.3) is 5.91 Å². The molecule has 21 heavy (non-hydrogen) atoms. The molecule has 0 bridgehead atoms. The van der Waals surface area contributed by atoms with Crippen LogP contribution in [-0.4, -0.2) is 11.9 Å². The summed E-state index contributed by atoms with van der Waals surface area (Å²) >= 11 is 0. The van der Waals surface area contributed by atoms with Crippen LogP contribution in [0.2, 0.25) is 0 Å². The molecule has 0 atom stereocenters. The molecule has 0 aliphatic heterocycles. The molecular weight excluding hydrogens is 269 g/mol. The number of hydrogen-bond acceptors (Lipinski definition) is 3. The van der Waals surface area contributed by atoms with Crippen molar-refractivity contribution in [3.05, 3.63) is 53.8 Å². The Hall–Kier alpha value is -2.56. The number of benzene rings is 2. The van der Waals surface area contributed by atoms with E-state index in [2.05, 4.69) is 10.6 Å². The number of nitrogens with one attached hydrogen (secondary N) is 2. The summed E-state index contributed by atoms with van der Waals surface area (Å²) in [7, 11) is 0. The Morgan fingerprint density at radius 3 is 2.48 bits per heavy atom. The summed E-state index contributed by atoms with van der Waals surface area (Å²) in [5.41, 5.74) is 8.41. The molecule has 0 saturated heterocycles. The van der Waals surface area contributed by atoms with Gasteiger partial charge in [-0.3, -0.25) is 4.79 Å². The van der Waals surface area contributed by atoms with Crippen LogP contribution < -0.4 is 16.4 Å². The van der Waals surface area contributed by atoms with E-state index in [1.54, 1.807) is 30.3 Å². The molecule has 4 N–H and O–H groups in total. The molecule has 1 amide bonds. The summed E-state index contributed by atoms with van der Waals surface area (Å²) in [6.45, 7) is 0. The first-order chi connectivity index (χ1) is 10.1. The molecule has 0 unspecified atom stereocenters. The first kappa shape index (κ1) is 13.4. The summed E-state index contributed by atoms with van der Waals surface area (Å²) < 4.78 is 12.9. The largest absolute Gasteiger partial charge is 0.397 e. The summed E-state index contributed by atoms with van der Waals surface area (Å²) in [6, 6.07) is 11.4. The molecule has 1 saturated carbocycles. The highest BCUT2D eigenvalue weighted by Crippen LogP contribution is 2.25. The van der Waals surface area contributed by atoms with E-state index < -0.39 is 0 Å². The third-order valence-corrected chi connectivity index (χ3v) is 3.35. The lowest BCUT2D eigenvalue weighted by Crippen LogP contribution is -2.25. The summed E-state index contributed by atoms with van der Waals surface area (Å²) in [5.74, 6) is -0.391. The van der Waals surface area contributed by atoms with Crippen molar-refractivity contribution in [1.29, 1.82) is 0 Å². The van der Waals surface area contributed by atoms with Gasteiger partial charge in [-0.15, -0.1) is 0 Å². The number of carbonyl (C=O) groups is 1. The highest BCUT2D eigenvalue weighted by atomic mass is 19.1. The highest BCUT2D eigenvalue weighted by molar-refractivity contribution is 5.96. The molecule has 5 heteroatoms. The van der Waals surface area contributed by atoms with E-state index >= 15 is 0 Å². The van der Waals surface area contributed by atoms with Crippen molar-refractivity contribution >= 4 is 23.0 Å². The first-order valence-electron chi connectivity index (χ1n) is 6.85. The highest BCUT2D eigenvalue weighted by Gasteiger charge is 2.23. The minimum absolute atomic E-state index is 0.0995. The Kier molecular flexibility index (Phi) is 3.48. The van der Waals surface area contributed by atoms with E-state index in [9.17, 15) is 9.18 Å². The zero-order valence-electron chi connectivity index (χ0n) is 11.4. The molecule has 3 rings (SSSR count). The number of anilines is 3. The van der Waals surface area contributed by atoms with Crippen molar-refractivity contribution in [2.75, 3.05) is 11.1 Å². The van der Waals surface area contributed by atoms with Crippen LogP contribution in [0, 0.1) is 5.82 Å². The monoisotopic (exact) mass is 285 g/mol. The van der Waals surface area contributed by atoms with Crippen LogP contribution in [0.15, 0.2) is 42.5 Å². The second-order valence-electron chi connectivity index (χ2n) is 5.18. The summed E-state index contributed by atoms with van der Waals surface area (Å²) in [4.78, 5) is 11.9. The number of carbonyl (C=O) groups excluding carboxylic acids is 1. The van der Waals surface area contributed by atoms with Gasteiger partial charge in [0, 0.05) is 17.3 Å². The molecule has 0 heterocycles. The summed E-state index contributed by atoms with van der Waals surface area (Å²) in [6.07, 6.45) is 2.09. The van der Waals surface area contributed by atoms with Gasteiger partial charge < -0.3 is 16.4 Å². The van der Waals surface area contributed by atoms with Gasteiger partial charge in [0.2, 0.25) is 0 Å². The molecule has 0 aromatic heterocycles. The molecule has 0 spiro atoms. The normalized spacial score (nSPS) is 13.8. The predicted molar refractivity (Wildman–Crippen MR) is 81.0 cm³/mol. The van der Waals surface area contributed by atoms with Crippen LogP contribution in [0.5, 0.6) is 0 Å².